The smallest absolute Gasteiger partial charge is 0.303 e. The first-order valence-electron chi connectivity index (χ1n) is 15.8. The van der Waals surface area contributed by atoms with E-state index in [1.165, 1.54) is 0 Å². The summed E-state index contributed by atoms with van der Waals surface area (Å²) in [5.74, 6) is -1.18. The fraction of sp³-hybridized carbons (Fsp3) is 0.444. The highest BCUT2D eigenvalue weighted by Gasteiger charge is 2.40. The van der Waals surface area contributed by atoms with Crippen molar-refractivity contribution in [2.75, 3.05) is 26.8 Å². The minimum absolute atomic E-state index is 0.00185. The molecule has 0 unspecified atom stereocenters. The number of hydrogen-bond donors (Lipinski definition) is 3. The fourth-order valence-corrected chi connectivity index (χ4v) is 6.35. The van der Waals surface area contributed by atoms with Crippen molar-refractivity contribution in [2.24, 2.45) is 5.92 Å². The maximum Gasteiger partial charge on any atom is 0.303 e. The summed E-state index contributed by atoms with van der Waals surface area (Å²) in [7, 11) is 1.76. The predicted molar refractivity (Wildman–Crippen MR) is 170 cm³/mol. The standard InChI is InChI=1S/C36H44N2O7/c1-24-32(21-38-19-5-7-30(38)23-43-2)44-36(45-35(24)27-11-9-25(22-39)10-12-27)28-15-13-26(14-16-28)31-8-4-3-6-29(31)20-37-33(40)17-18-34(41)42/h3-4,6,8-16,24,30,32,35-36,39H,5,7,17-23H2,1-2H3,(H,37,40)(H,41,42)/t24-,30-,32+,35+,36+/m0/s1. The molecule has 0 spiro atoms. The molecule has 5 rings (SSSR count). The first-order chi connectivity index (χ1) is 21.9. The number of nitrogens with one attached hydrogen (secondary N) is 1. The highest BCUT2D eigenvalue weighted by molar-refractivity contribution is 5.80. The number of amides is 1. The number of aliphatic hydroxyl groups is 1. The molecule has 2 aliphatic rings. The van der Waals surface area contributed by atoms with Crippen molar-refractivity contribution in [3.05, 3.63) is 95.1 Å². The maximum atomic E-state index is 12.1. The number of hydrogen-bond acceptors (Lipinski definition) is 7. The van der Waals surface area contributed by atoms with Gasteiger partial charge in [0.1, 0.15) is 0 Å². The summed E-state index contributed by atoms with van der Waals surface area (Å²) in [6.45, 7) is 5.02. The summed E-state index contributed by atoms with van der Waals surface area (Å²) in [5.41, 5.74) is 5.76. The van der Waals surface area contributed by atoms with Crippen LogP contribution in [0.4, 0.5) is 0 Å². The highest BCUT2D eigenvalue weighted by atomic mass is 16.7. The molecule has 9 nitrogen and oxygen atoms in total. The van der Waals surface area contributed by atoms with Crippen LogP contribution in [0, 0.1) is 5.92 Å². The Kier molecular flexibility index (Phi) is 11.4. The fourth-order valence-electron chi connectivity index (χ4n) is 6.35. The van der Waals surface area contributed by atoms with Gasteiger partial charge in [-0.15, -0.1) is 0 Å². The van der Waals surface area contributed by atoms with Gasteiger partial charge in [0.15, 0.2) is 6.29 Å². The largest absolute Gasteiger partial charge is 0.481 e. The number of ether oxygens (including phenoxy) is 3. The topological polar surface area (TPSA) is 118 Å². The Balaban J connectivity index is 1.35. The average molecular weight is 617 g/mol. The third-order valence-electron chi connectivity index (χ3n) is 8.95. The van der Waals surface area contributed by atoms with Crippen molar-refractivity contribution in [3.63, 3.8) is 0 Å². The zero-order valence-electron chi connectivity index (χ0n) is 26.1. The minimum atomic E-state index is -0.991. The van der Waals surface area contributed by atoms with Crippen LogP contribution in [0.2, 0.25) is 0 Å². The molecule has 3 N–H and O–H groups in total. The number of nitrogens with zero attached hydrogens (tertiary/aromatic N) is 1. The third kappa shape index (κ3) is 8.36. The molecular formula is C36H44N2O7. The Morgan fingerprint density at radius 1 is 0.978 bits per heavy atom. The van der Waals surface area contributed by atoms with E-state index in [-0.39, 0.29) is 43.5 Å². The molecule has 0 aliphatic carbocycles. The number of likely N-dealkylation sites (tertiary alicyclic amines) is 1. The maximum absolute atomic E-state index is 12.1. The van der Waals surface area contributed by atoms with Crippen LogP contribution in [0.5, 0.6) is 0 Å². The second kappa shape index (κ2) is 15.6. The number of carboxylic acid groups (broad SMARTS) is 1. The molecule has 2 heterocycles. The molecule has 2 saturated heterocycles. The van der Waals surface area contributed by atoms with Crippen molar-refractivity contribution in [2.45, 2.75) is 70.3 Å². The van der Waals surface area contributed by atoms with Crippen LogP contribution >= 0.6 is 0 Å². The van der Waals surface area contributed by atoms with Gasteiger partial charge in [0.25, 0.3) is 0 Å². The monoisotopic (exact) mass is 616 g/mol. The Bertz CT molecular complexity index is 1410. The molecule has 5 atom stereocenters. The van der Waals surface area contributed by atoms with Gasteiger partial charge in [0.05, 0.1) is 31.8 Å². The number of methoxy groups -OCH3 is 1. The molecule has 0 bridgehead atoms. The first-order valence-corrected chi connectivity index (χ1v) is 15.8. The Morgan fingerprint density at radius 3 is 2.42 bits per heavy atom. The van der Waals surface area contributed by atoms with E-state index in [0.29, 0.717) is 19.2 Å². The molecule has 2 aliphatic heterocycles. The summed E-state index contributed by atoms with van der Waals surface area (Å²) in [6.07, 6.45) is 1.22. The second-order valence-electron chi connectivity index (χ2n) is 12.0. The number of carbonyl (C=O) groups is 2. The van der Waals surface area contributed by atoms with Crippen LogP contribution in [-0.2, 0) is 37.0 Å². The lowest BCUT2D eigenvalue weighted by molar-refractivity contribution is -0.276. The van der Waals surface area contributed by atoms with E-state index >= 15 is 0 Å². The Hall–Kier alpha value is -3.60. The quantitative estimate of drug-likeness (QED) is 0.239. The van der Waals surface area contributed by atoms with Crippen molar-refractivity contribution in [1.29, 1.82) is 0 Å². The summed E-state index contributed by atoms with van der Waals surface area (Å²) < 4.78 is 18.9. The number of rotatable bonds is 13. The minimum Gasteiger partial charge on any atom is -0.481 e. The average Bonchev–Trinajstić information content (AvgIpc) is 3.50. The van der Waals surface area contributed by atoms with Gasteiger partial charge in [-0.3, -0.25) is 14.5 Å². The van der Waals surface area contributed by atoms with E-state index in [4.69, 9.17) is 19.3 Å². The highest BCUT2D eigenvalue weighted by Crippen LogP contribution is 2.42. The molecule has 0 aromatic heterocycles. The summed E-state index contributed by atoms with van der Waals surface area (Å²) in [5, 5.41) is 21.3. The molecule has 3 aromatic rings. The molecule has 240 valence electrons. The van der Waals surface area contributed by atoms with E-state index in [9.17, 15) is 14.7 Å². The van der Waals surface area contributed by atoms with Crippen molar-refractivity contribution in [3.8, 4) is 11.1 Å². The summed E-state index contributed by atoms with van der Waals surface area (Å²) in [4.78, 5) is 25.4. The Morgan fingerprint density at radius 2 is 1.71 bits per heavy atom. The second-order valence-corrected chi connectivity index (χ2v) is 12.0. The first kappa shape index (κ1) is 32.8. The summed E-state index contributed by atoms with van der Waals surface area (Å²) >= 11 is 0. The van der Waals surface area contributed by atoms with Gasteiger partial charge < -0.3 is 29.7 Å². The van der Waals surface area contributed by atoms with Gasteiger partial charge in [-0.2, -0.15) is 0 Å². The van der Waals surface area contributed by atoms with Gasteiger partial charge in [-0.05, 0) is 47.2 Å². The number of carbonyl (C=O) groups excluding carboxylic acids is 1. The number of aliphatic carboxylic acids is 1. The zero-order valence-corrected chi connectivity index (χ0v) is 26.1. The van der Waals surface area contributed by atoms with Crippen molar-refractivity contribution < 1.29 is 34.0 Å². The molecule has 0 radical (unpaired) electrons. The van der Waals surface area contributed by atoms with E-state index < -0.39 is 12.3 Å². The van der Waals surface area contributed by atoms with Crippen LogP contribution < -0.4 is 5.32 Å². The van der Waals surface area contributed by atoms with E-state index in [1.54, 1.807) is 7.11 Å². The molecule has 3 aromatic carbocycles. The SMILES string of the molecule is COC[C@@H]1CCCN1C[C@H]1O[C@@H](c2ccc(-c3ccccc3CNC(=O)CCC(=O)O)cc2)O[C@@H](c2ccc(CO)cc2)[C@H]1C. The zero-order chi connectivity index (χ0) is 31.8. The van der Waals surface area contributed by atoms with Gasteiger partial charge >= 0.3 is 5.97 Å². The number of aliphatic hydroxyl groups excluding tert-OH is 1. The van der Waals surface area contributed by atoms with E-state index in [0.717, 1.165) is 59.3 Å². The van der Waals surface area contributed by atoms with Gasteiger partial charge in [-0.25, -0.2) is 0 Å². The van der Waals surface area contributed by atoms with Crippen LogP contribution in [0.15, 0.2) is 72.8 Å². The van der Waals surface area contributed by atoms with Crippen molar-refractivity contribution in [1.82, 2.24) is 10.2 Å². The van der Waals surface area contributed by atoms with E-state index in [1.807, 2.05) is 72.8 Å². The van der Waals surface area contributed by atoms with Gasteiger partial charge in [-0.1, -0.05) is 79.7 Å². The van der Waals surface area contributed by atoms with Crippen LogP contribution in [-0.4, -0.2) is 65.9 Å². The van der Waals surface area contributed by atoms with Crippen LogP contribution in [0.25, 0.3) is 11.1 Å². The third-order valence-corrected chi connectivity index (χ3v) is 8.95. The lowest BCUT2D eigenvalue weighted by Gasteiger charge is -2.43. The van der Waals surface area contributed by atoms with Crippen LogP contribution in [0.1, 0.15) is 67.3 Å². The normalized spacial score (nSPS) is 23.6. The van der Waals surface area contributed by atoms with E-state index in [2.05, 4.69) is 17.1 Å². The number of carboxylic acids is 1. The molecule has 0 saturated carbocycles. The number of benzene rings is 3. The van der Waals surface area contributed by atoms with Gasteiger partial charge in [0.2, 0.25) is 5.91 Å². The predicted octanol–water partition coefficient (Wildman–Crippen LogP) is 5.23. The lowest BCUT2D eigenvalue weighted by Crippen LogP contribution is -2.46. The lowest BCUT2D eigenvalue weighted by atomic mass is 9.89. The van der Waals surface area contributed by atoms with Gasteiger partial charge in [0, 0.05) is 44.1 Å². The molecule has 2 fully saturated rings. The molecule has 45 heavy (non-hydrogen) atoms. The Labute approximate surface area is 265 Å². The molecule has 9 heteroatoms. The molecule has 1 amide bonds. The van der Waals surface area contributed by atoms with Crippen LogP contribution in [0.3, 0.4) is 0 Å². The van der Waals surface area contributed by atoms with Crippen molar-refractivity contribution >= 4 is 11.9 Å². The summed E-state index contributed by atoms with van der Waals surface area (Å²) in [6, 6.07) is 24.4. The molecular weight excluding hydrogens is 572 g/mol.